The molecular weight excluding hydrogens is 297 g/mol. The van der Waals surface area contributed by atoms with Gasteiger partial charge in [0, 0.05) is 11.3 Å². The summed E-state index contributed by atoms with van der Waals surface area (Å²) >= 11 is 0. The molecule has 2 aromatic rings. The molecule has 0 spiro atoms. The number of amides is 1. The number of halogens is 1. The summed E-state index contributed by atoms with van der Waals surface area (Å²) in [7, 11) is 0. The minimum absolute atomic E-state index is 0.0342. The van der Waals surface area contributed by atoms with Crippen molar-refractivity contribution in [3.8, 4) is 5.75 Å². The molecule has 0 fully saturated rings. The molecular formula is C18H18FNO3. The first-order chi connectivity index (χ1) is 11.0. The first-order valence-electron chi connectivity index (χ1n) is 7.34. The molecule has 0 aromatic heterocycles. The second kappa shape index (κ2) is 7.54. The lowest BCUT2D eigenvalue weighted by Gasteiger charge is -2.17. The first-order valence-corrected chi connectivity index (χ1v) is 7.34. The molecule has 1 atom stereocenters. The van der Waals surface area contributed by atoms with Crippen molar-refractivity contribution in [3.05, 3.63) is 59.9 Å². The van der Waals surface area contributed by atoms with Gasteiger partial charge in [-0.1, -0.05) is 31.2 Å². The van der Waals surface area contributed by atoms with E-state index in [0.29, 0.717) is 17.7 Å². The largest absolute Gasteiger partial charge is 0.478 e. The zero-order valence-electron chi connectivity index (χ0n) is 13.0. The highest BCUT2D eigenvalue weighted by Crippen LogP contribution is 2.19. The summed E-state index contributed by atoms with van der Waals surface area (Å²) in [6.07, 6.45) is -0.445. The molecule has 0 saturated heterocycles. The molecule has 1 N–H and O–H groups in total. The van der Waals surface area contributed by atoms with E-state index in [1.54, 1.807) is 43.3 Å². The molecule has 2 aromatic carbocycles. The van der Waals surface area contributed by atoms with Crippen LogP contribution in [0, 0.1) is 5.82 Å². The Kier molecular flexibility index (Phi) is 5.46. The number of carbonyl (C=O) groups is 2. The van der Waals surface area contributed by atoms with Crippen LogP contribution in [0.15, 0.2) is 48.5 Å². The van der Waals surface area contributed by atoms with Crippen molar-refractivity contribution in [2.45, 2.75) is 26.4 Å². The van der Waals surface area contributed by atoms with Crippen LogP contribution in [0.1, 0.15) is 30.6 Å². The SMILES string of the molecule is CC[C@H](Oc1ccccc1F)C(=O)Nc1cccc(C(C)=O)c1. The highest BCUT2D eigenvalue weighted by Gasteiger charge is 2.20. The Bertz CT molecular complexity index is 715. The van der Waals surface area contributed by atoms with Crippen LogP contribution in [-0.4, -0.2) is 17.8 Å². The van der Waals surface area contributed by atoms with Crippen LogP contribution in [0.2, 0.25) is 0 Å². The van der Waals surface area contributed by atoms with Crippen LogP contribution >= 0.6 is 0 Å². The van der Waals surface area contributed by atoms with Crippen molar-refractivity contribution in [2.75, 3.05) is 5.32 Å². The number of hydrogen-bond donors (Lipinski definition) is 1. The highest BCUT2D eigenvalue weighted by molar-refractivity contribution is 5.98. The first kappa shape index (κ1) is 16.7. The fourth-order valence-corrected chi connectivity index (χ4v) is 2.05. The quantitative estimate of drug-likeness (QED) is 0.824. The number of nitrogens with one attached hydrogen (secondary N) is 1. The van der Waals surface area contributed by atoms with Crippen LogP contribution in [0.25, 0.3) is 0 Å². The van der Waals surface area contributed by atoms with Crippen LogP contribution < -0.4 is 10.1 Å². The van der Waals surface area contributed by atoms with Crippen molar-refractivity contribution < 1.29 is 18.7 Å². The van der Waals surface area contributed by atoms with E-state index in [1.807, 2.05) is 0 Å². The monoisotopic (exact) mass is 315 g/mol. The Hall–Kier alpha value is -2.69. The number of ketones is 1. The molecule has 120 valence electrons. The normalized spacial score (nSPS) is 11.6. The average molecular weight is 315 g/mol. The van der Waals surface area contributed by atoms with E-state index in [-0.39, 0.29) is 11.5 Å². The van der Waals surface area contributed by atoms with Crippen molar-refractivity contribution in [3.63, 3.8) is 0 Å². The molecule has 0 unspecified atom stereocenters. The van der Waals surface area contributed by atoms with Gasteiger partial charge >= 0.3 is 0 Å². The summed E-state index contributed by atoms with van der Waals surface area (Å²) in [6.45, 7) is 3.23. The number of anilines is 1. The van der Waals surface area contributed by atoms with Crippen molar-refractivity contribution in [1.82, 2.24) is 0 Å². The van der Waals surface area contributed by atoms with Gasteiger partial charge in [-0.05, 0) is 37.6 Å². The number of benzene rings is 2. The van der Waals surface area contributed by atoms with Gasteiger partial charge in [-0.2, -0.15) is 0 Å². The lowest BCUT2D eigenvalue weighted by molar-refractivity contribution is -0.122. The topological polar surface area (TPSA) is 55.4 Å². The maximum atomic E-state index is 13.6. The second-order valence-corrected chi connectivity index (χ2v) is 5.07. The molecule has 23 heavy (non-hydrogen) atoms. The van der Waals surface area contributed by atoms with Gasteiger partial charge in [-0.25, -0.2) is 4.39 Å². The molecule has 0 heterocycles. The Morgan fingerprint density at radius 3 is 2.57 bits per heavy atom. The lowest BCUT2D eigenvalue weighted by atomic mass is 10.1. The van der Waals surface area contributed by atoms with Crippen molar-refractivity contribution >= 4 is 17.4 Å². The smallest absolute Gasteiger partial charge is 0.265 e. The maximum absolute atomic E-state index is 13.6. The summed E-state index contributed by atoms with van der Waals surface area (Å²) in [5.74, 6) is -0.962. The molecule has 4 nitrogen and oxygen atoms in total. The third-order valence-electron chi connectivity index (χ3n) is 3.31. The van der Waals surface area contributed by atoms with Crippen molar-refractivity contribution in [2.24, 2.45) is 0 Å². The van der Waals surface area contributed by atoms with Gasteiger partial charge in [-0.15, -0.1) is 0 Å². The van der Waals surface area contributed by atoms with Gasteiger partial charge < -0.3 is 10.1 Å². The lowest BCUT2D eigenvalue weighted by Crippen LogP contribution is -2.32. The number of carbonyl (C=O) groups excluding carboxylic acids is 2. The van der Waals surface area contributed by atoms with E-state index >= 15 is 0 Å². The number of rotatable bonds is 6. The molecule has 0 aliphatic heterocycles. The fourth-order valence-electron chi connectivity index (χ4n) is 2.05. The fraction of sp³-hybridized carbons (Fsp3) is 0.222. The van der Waals surface area contributed by atoms with E-state index in [0.717, 1.165) is 0 Å². The van der Waals surface area contributed by atoms with Gasteiger partial charge in [0.2, 0.25) is 0 Å². The molecule has 0 aliphatic rings. The van der Waals surface area contributed by atoms with Gasteiger partial charge in [0.25, 0.3) is 5.91 Å². The Morgan fingerprint density at radius 1 is 1.17 bits per heavy atom. The summed E-state index contributed by atoms with van der Waals surface area (Å²) in [6, 6.07) is 12.6. The molecule has 2 rings (SSSR count). The third-order valence-corrected chi connectivity index (χ3v) is 3.31. The highest BCUT2D eigenvalue weighted by atomic mass is 19.1. The molecule has 0 bridgehead atoms. The van der Waals surface area contributed by atoms with Crippen LogP contribution in [0.5, 0.6) is 5.75 Å². The molecule has 0 radical (unpaired) electrons. The van der Waals surface area contributed by atoms with Gasteiger partial charge in [0.15, 0.2) is 23.5 Å². The summed E-state index contributed by atoms with van der Waals surface area (Å²) < 4.78 is 19.1. The zero-order valence-corrected chi connectivity index (χ0v) is 13.0. The Balaban J connectivity index is 2.10. The van der Waals surface area contributed by atoms with Crippen LogP contribution in [0.3, 0.4) is 0 Å². The van der Waals surface area contributed by atoms with Gasteiger partial charge in [0.05, 0.1) is 0 Å². The predicted octanol–water partition coefficient (Wildman–Crippen LogP) is 3.82. The standard InChI is InChI=1S/C18H18FNO3/c1-3-16(23-17-10-5-4-9-15(17)19)18(22)20-14-8-6-7-13(11-14)12(2)21/h4-11,16H,3H2,1-2H3,(H,20,22)/t16-/m0/s1. The zero-order chi connectivity index (χ0) is 16.8. The molecule has 0 saturated carbocycles. The third kappa shape index (κ3) is 4.39. The number of hydrogen-bond acceptors (Lipinski definition) is 3. The van der Waals surface area contributed by atoms with Crippen LogP contribution in [-0.2, 0) is 4.79 Å². The molecule has 0 aliphatic carbocycles. The van der Waals surface area contributed by atoms with Crippen molar-refractivity contribution in [1.29, 1.82) is 0 Å². The summed E-state index contributed by atoms with van der Waals surface area (Å²) in [5, 5.41) is 2.69. The molecule has 1 amide bonds. The van der Waals surface area contributed by atoms with Gasteiger partial charge in [0.1, 0.15) is 0 Å². The van der Waals surface area contributed by atoms with E-state index in [2.05, 4.69) is 5.32 Å². The molecule has 5 heteroatoms. The predicted molar refractivity (Wildman–Crippen MR) is 86.2 cm³/mol. The summed E-state index contributed by atoms with van der Waals surface area (Å²) in [5.41, 5.74) is 1.00. The van der Waals surface area contributed by atoms with E-state index in [4.69, 9.17) is 4.74 Å². The van der Waals surface area contributed by atoms with Gasteiger partial charge in [-0.3, -0.25) is 9.59 Å². The van der Waals surface area contributed by atoms with E-state index in [1.165, 1.54) is 19.1 Å². The maximum Gasteiger partial charge on any atom is 0.265 e. The second-order valence-electron chi connectivity index (χ2n) is 5.07. The van der Waals surface area contributed by atoms with E-state index in [9.17, 15) is 14.0 Å². The number of ether oxygens (including phenoxy) is 1. The average Bonchev–Trinajstić information content (AvgIpc) is 2.54. The number of para-hydroxylation sites is 1. The Morgan fingerprint density at radius 2 is 1.91 bits per heavy atom. The summed E-state index contributed by atoms with van der Waals surface area (Å²) in [4.78, 5) is 23.7. The minimum atomic E-state index is -0.826. The Labute approximate surface area is 134 Å². The number of Topliss-reactive ketones (excluding diaryl/α,β-unsaturated/α-hetero) is 1. The minimum Gasteiger partial charge on any atom is -0.478 e. The van der Waals surface area contributed by atoms with E-state index < -0.39 is 17.8 Å². The van der Waals surface area contributed by atoms with Crippen LogP contribution in [0.4, 0.5) is 10.1 Å².